The minimum atomic E-state index is -3.04. The molecule has 4 nitrogen and oxygen atoms in total. The topological polar surface area (TPSA) is 69.6 Å². The van der Waals surface area contributed by atoms with E-state index in [1.54, 1.807) is 0 Å². The standard InChI is InChI=1S/K.HO4P/c;1-4-5(2)3/h;1H. The van der Waals surface area contributed by atoms with E-state index in [4.69, 9.17) is 14.7 Å². The van der Waals surface area contributed by atoms with Crippen LogP contribution >= 0.6 is 8.25 Å². The van der Waals surface area contributed by atoms with E-state index < -0.39 is 8.25 Å². The Morgan fingerprint density at radius 2 is 2.00 bits per heavy atom. The average Bonchev–Trinajstić information content (AvgIpc) is 1.38. The summed E-state index contributed by atoms with van der Waals surface area (Å²) in [5.41, 5.74) is 0. The first-order chi connectivity index (χ1) is 2.27. The second kappa shape index (κ2) is 6.62. The van der Waals surface area contributed by atoms with Gasteiger partial charge in [0.1, 0.15) is 0 Å². The zero-order chi connectivity index (χ0) is 4.28. The molecule has 0 saturated heterocycles. The minimum absolute atomic E-state index is 0. The van der Waals surface area contributed by atoms with Gasteiger partial charge in [-0.25, -0.2) is 5.26 Å². The second-order valence-corrected chi connectivity index (χ2v) is 0.916. The van der Waals surface area contributed by atoms with Gasteiger partial charge in [-0.1, -0.05) is 0 Å². The number of hydrogen-bond donors (Lipinski definition) is 1. The van der Waals surface area contributed by atoms with E-state index in [-0.39, 0.29) is 51.4 Å². The molecular weight excluding hydrogens is 134 g/mol. The minimum Gasteiger partial charge on any atom is -0.565 e. The van der Waals surface area contributed by atoms with Crippen molar-refractivity contribution >= 4 is 59.6 Å². The van der Waals surface area contributed by atoms with Crippen molar-refractivity contribution in [3.05, 3.63) is 0 Å². The molecule has 0 heterocycles. The van der Waals surface area contributed by atoms with Gasteiger partial charge in [0.05, 0.1) is 0 Å². The van der Waals surface area contributed by atoms with Crippen molar-refractivity contribution in [1.29, 1.82) is 0 Å². The Balaban J connectivity index is 0. The van der Waals surface area contributed by atoms with E-state index in [2.05, 4.69) is 4.67 Å². The fraction of sp³-hybridized carbons (Fsp3) is 0. The summed E-state index contributed by atoms with van der Waals surface area (Å²) in [6, 6.07) is 0. The third-order valence-corrected chi connectivity index (χ3v) is 0.200. The van der Waals surface area contributed by atoms with Crippen molar-refractivity contribution in [2.24, 2.45) is 0 Å². The van der Waals surface area contributed by atoms with Crippen LogP contribution in [0.4, 0.5) is 0 Å². The molecule has 1 radical (unpaired) electrons. The van der Waals surface area contributed by atoms with E-state index >= 15 is 0 Å². The summed E-state index contributed by atoms with van der Waals surface area (Å²) in [5, 5.41) is 7.05. The Hall–Kier alpha value is 1.62. The normalized spacial score (nSPS) is 9.33. The van der Waals surface area contributed by atoms with E-state index in [9.17, 15) is 0 Å². The predicted molar refractivity (Wildman–Crippen MR) is 17.1 cm³/mol. The predicted octanol–water partition coefficient (Wildman–Crippen LogP) is -0.887. The van der Waals surface area contributed by atoms with E-state index in [0.29, 0.717) is 0 Å². The Bertz CT molecular complexity index is 42.8. The Kier molecular flexibility index (Phi) is 11.7. The van der Waals surface area contributed by atoms with Crippen molar-refractivity contribution in [1.82, 2.24) is 0 Å². The van der Waals surface area contributed by atoms with Crippen LogP contribution in [-0.4, -0.2) is 56.6 Å². The maximum Gasteiger partial charge on any atom is 0.521 e. The molecule has 6 heavy (non-hydrogen) atoms. The maximum atomic E-state index is 8.93. The van der Waals surface area contributed by atoms with Gasteiger partial charge in [0, 0.05) is 56.1 Å². The third kappa shape index (κ3) is 9.15. The summed E-state index contributed by atoms with van der Waals surface area (Å²) in [6.07, 6.45) is 0. The number of hydrogen-bond acceptors (Lipinski definition) is 4. The first-order valence-electron chi connectivity index (χ1n) is 0.730. The molecule has 0 fully saturated rings. The first-order valence-corrected chi connectivity index (χ1v) is 1.83. The van der Waals surface area contributed by atoms with E-state index in [0.717, 1.165) is 0 Å². The molecule has 0 saturated carbocycles. The monoisotopic (exact) mass is 135 g/mol. The van der Waals surface area contributed by atoms with Gasteiger partial charge in [-0.15, -0.1) is 0 Å². The Labute approximate surface area is 77.8 Å². The summed E-state index contributed by atoms with van der Waals surface area (Å²) in [6.45, 7) is 0. The van der Waals surface area contributed by atoms with Gasteiger partial charge < -0.3 is 4.89 Å². The average molecular weight is 135 g/mol. The molecule has 0 bridgehead atoms. The van der Waals surface area contributed by atoms with Crippen molar-refractivity contribution < 1.29 is 19.4 Å². The Morgan fingerprint density at radius 1 is 1.83 bits per heavy atom. The van der Waals surface area contributed by atoms with Crippen molar-refractivity contribution in [2.45, 2.75) is 0 Å². The quantitative estimate of drug-likeness (QED) is 0.219. The van der Waals surface area contributed by atoms with Crippen LogP contribution in [0.25, 0.3) is 0 Å². The zero-order valence-electron chi connectivity index (χ0n) is 3.12. The summed E-state index contributed by atoms with van der Waals surface area (Å²) < 4.78 is 11.6. The van der Waals surface area contributed by atoms with Crippen LogP contribution in [-0.2, 0) is 9.24 Å². The fourth-order valence-corrected chi connectivity index (χ4v) is 0. The molecule has 0 aromatic heterocycles. The van der Waals surface area contributed by atoms with Crippen molar-refractivity contribution in [3.8, 4) is 0 Å². The Morgan fingerprint density at radius 3 is 2.00 bits per heavy atom. The molecular formula is HKO4P. The van der Waals surface area contributed by atoms with Crippen LogP contribution in [0.2, 0.25) is 0 Å². The summed E-state index contributed by atoms with van der Waals surface area (Å²) in [5.74, 6) is 0. The van der Waals surface area contributed by atoms with Gasteiger partial charge in [-0.05, 0) is 4.57 Å². The van der Waals surface area contributed by atoms with Crippen LogP contribution in [0.1, 0.15) is 0 Å². The fourth-order valence-electron chi connectivity index (χ4n) is 0. The molecule has 0 aliphatic carbocycles. The SMILES string of the molecule is O=[P+]([O-])OO.[K]. The first kappa shape index (κ1) is 10.6. The van der Waals surface area contributed by atoms with Gasteiger partial charge in [0.2, 0.25) is 0 Å². The summed E-state index contributed by atoms with van der Waals surface area (Å²) in [4.78, 5) is 8.93. The molecule has 31 valence electrons. The molecule has 1 N–H and O–H groups in total. The van der Waals surface area contributed by atoms with Crippen LogP contribution in [0, 0.1) is 0 Å². The van der Waals surface area contributed by atoms with E-state index in [1.165, 1.54) is 0 Å². The molecule has 1 atom stereocenters. The van der Waals surface area contributed by atoms with Gasteiger partial charge in [-0.2, -0.15) is 0 Å². The summed E-state index contributed by atoms with van der Waals surface area (Å²) >= 11 is 0. The smallest absolute Gasteiger partial charge is 0.521 e. The second-order valence-electron chi connectivity index (χ2n) is 0.305. The molecule has 0 aliphatic heterocycles. The largest absolute Gasteiger partial charge is 0.565 e. The van der Waals surface area contributed by atoms with Crippen molar-refractivity contribution in [3.63, 3.8) is 0 Å². The molecule has 0 spiro atoms. The maximum absolute atomic E-state index is 8.93. The molecule has 0 rings (SSSR count). The zero-order valence-corrected chi connectivity index (χ0v) is 7.14. The third-order valence-electron chi connectivity index (χ3n) is 0.0667. The molecule has 0 amide bonds. The molecule has 0 aromatic rings. The van der Waals surface area contributed by atoms with Crippen LogP contribution in [0.5, 0.6) is 0 Å². The van der Waals surface area contributed by atoms with Gasteiger partial charge in [0.15, 0.2) is 0 Å². The molecule has 0 aliphatic rings. The van der Waals surface area contributed by atoms with Gasteiger partial charge in [-0.3, -0.25) is 0 Å². The van der Waals surface area contributed by atoms with Gasteiger partial charge >= 0.3 is 8.25 Å². The van der Waals surface area contributed by atoms with Crippen molar-refractivity contribution in [2.75, 3.05) is 0 Å². The van der Waals surface area contributed by atoms with Gasteiger partial charge in [0.25, 0.3) is 0 Å². The molecule has 0 aromatic carbocycles. The van der Waals surface area contributed by atoms with Crippen LogP contribution < -0.4 is 4.89 Å². The molecule has 1 unspecified atom stereocenters. The van der Waals surface area contributed by atoms with Crippen LogP contribution in [0.3, 0.4) is 0 Å². The number of rotatable bonds is 1. The summed E-state index contributed by atoms with van der Waals surface area (Å²) in [7, 11) is -3.04. The molecule has 6 heteroatoms. The van der Waals surface area contributed by atoms with Crippen LogP contribution in [0.15, 0.2) is 0 Å². The van der Waals surface area contributed by atoms with E-state index in [1.807, 2.05) is 0 Å².